The molecular formula is C13H18Cl2N2O2. The van der Waals surface area contributed by atoms with Gasteiger partial charge in [0.05, 0.1) is 0 Å². The predicted molar refractivity (Wildman–Crippen MR) is 78.2 cm³/mol. The number of rotatable bonds is 3. The van der Waals surface area contributed by atoms with Crippen LogP contribution in [0.25, 0.3) is 0 Å². The number of piperazine rings is 1. The number of amides is 1. The molecule has 1 fully saturated rings. The number of carbonyl (C=O) groups is 1. The first-order chi connectivity index (χ1) is 8.66. The number of carbonyl (C=O) groups excluding carboxylic acids is 1. The first kappa shape index (κ1) is 16.1. The minimum absolute atomic E-state index is 0. The van der Waals surface area contributed by atoms with Crippen LogP contribution in [0.1, 0.15) is 6.92 Å². The van der Waals surface area contributed by atoms with Crippen LogP contribution in [0.15, 0.2) is 24.3 Å². The van der Waals surface area contributed by atoms with E-state index in [9.17, 15) is 4.79 Å². The molecule has 106 valence electrons. The molecule has 0 radical (unpaired) electrons. The van der Waals surface area contributed by atoms with E-state index in [1.165, 1.54) is 0 Å². The minimum Gasteiger partial charge on any atom is -0.484 e. The van der Waals surface area contributed by atoms with Crippen molar-refractivity contribution in [1.29, 1.82) is 0 Å². The largest absolute Gasteiger partial charge is 0.484 e. The fraction of sp³-hybridized carbons (Fsp3) is 0.462. The number of benzene rings is 1. The Hall–Kier alpha value is -0.970. The van der Waals surface area contributed by atoms with Crippen LogP contribution in [-0.4, -0.2) is 43.1 Å². The Morgan fingerprint density at radius 2 is 2.16 bits per heavy atom. The maximum absolute atomic E-state index is 12.0. The summed E-state index contributed by atoms with van der Waals surface area (Å²) in [6.07, 6.45) is 0. The molecule has 1 aromatic rings. The topological polar surface area (TPSA) is 41.6 Å². The van der Waals surface area contributed by atoms with E-state index >= 15 is 0 Å². The van der Waals surface area contributed by atoms with Gasteiger partial charge in [0.2, 0.25) is 0 Å². The number of nitrogens with zero attached hydrogens (tertiary/aromatic N) is 1. The van der Waals surface area contributed by atoms with Crippen LogP contribution in [-0.2, 0) is 4.79 Å². The number of ether oxygens (including phenoxy) is 1. The summed E-state index contributed by atoms with van der Waals surface area (Å²) in [5.41, 5.74) is 0. The quantitative estimate of drug-likeness (QED) is 0.928. The second-order valence-electron chi connectivity index (χ2n) is 4.38. The Morgan fingerprint density at radius 3 is 2.79 bits per heavy atom. The molecule has 0 spiro atoms. The van der Waals surface area contributed by atoms with E-state index in [1.807, 2.05) is 11.8 Å². The van der Waals surface area contributed by atoms with Gasteiger partial charge in [-0.15, -0.1) is 12.4 Å². The number of hydrogen-bond donors (Lipinski definition) is 1. The molecule has 1 atom stereocenters. The Kier molecular flexibility index (Phi) is 6.42. The Balaban J connectivity index is 0.00000180. The lowest BCUT2D eigenvalue weighted by Gasteiger charge is -2.33. The van der Waals surface area contributed by atoms with Crippen LogP contribution in [0, 0.1) is 0 Å². The SMILES string of the molecule is CC1CNCCN1C(=O)COc1ccc(Cl)cc1.Cl. The average molecular weight is 305 g/mol. The highest BCUT2D eigenvalue weighted by atomic mass is 35.5. The van der Waals surface area contributed by atoms with Gasteiger partial charge in [-0.2, -0.15) is 0 Å². The summed E-state index contributed by atoms with van der Waals surface area (Å²) in [5.74, 6) is 0.689. The van der Waals surface area contributed by atoms with Crippen LogP contribution in [0.5, 0.6) is 5.75 Å². The van der Waals surface area contributed by atoms with Crippen LogP contribution in [0.4, 0.5) is 0 Å². The zero-order chi connectivity index (χ0) is 13.0. The van der Waals surface area contributed by atoms with Gasteiger partial charge in [0.15, 0.2) is 6.61 Å². The van der Waals surface area contributed by atoms with Crippen molar-refractivity contribution in [3.63, 3.8) is 0 Å². The first-order valence-electron chi connectivity index (χ1n) is 6.05. The lowest BCUT2D eigenvalue weighted by Crippen LogP contribution is -2.53. The van der Waals surface area contributed by atoms with Crippen molar-refractivity contribution >= 4 is 29.9 Å². The summed E-state index contributed by atoms with van der Waals surface area (Å²) in [5, 5.41) is 3.91. The van der Waals surface area contributed by atoms with E-state index < -0.39 is 0 Å². The van der Waals surface area contributed by atoms with Crippen LogP contribution >= 0.6 is 24.0 Å². The molecule has 19 heavy (non-hydrogen) atoms. The molecule has 0 aromatic heterocycles. The molecule has 6 heteroatoms. The molecule has 0 aliphatic carbocycles. The Bertz CT molecular complexity index is 412. The smallest absolute Gasteiger partial charge is 0.260 e. The zero-order valence-corrected chi connectivity index (χ0v) is 12.3. The summed E-state index contributed by atoms with van der Waals surface area (Å²) >= 11 is 5.78. The summed E-state index contributed by atoms with van der Waals surface area (Å²) in [6.45, 7) is 4.53. The maximum Gasteiger partial charge on any atom is 0.260 e. The third-order valence-electron chi connectivity index (χ3n) is 3.00. The molecule has 1 aromatic carbocycles. The van der Waals surface area contributed by atoms with Crippen molar-refractivity contribution in [3.8, 4) is 5.75 Å². The second kappa shape index (κ2) is 7.58. The van der Waals surface area contributed by atoms with Crippen molar-refractivity contribution in [2.24, 2.45) is 0 Å². The molecule has 1 unspecified atom stereocenters. The van der Waals surface area contributed by atoms with Crippen LogP contribution in [0.3, 0.4) is 0 Å². The van der Waals surface area contributed by atoms with Gasteiger partial charge < -0.3 is 15.0 Å². The third kappa shape index (κ3) is 4.56. The highest BCUT2D eigenvalue weighted by molar-refractivity contribution is 6.30. The van der Waals surface area contributed by atoms with E-state index in [1.54, 1.807) is 24.3 Å². The van der Waals surface area contributed by atoms with Gasteiger partial charge in [0.25, 0.3) is 5.91 Å². The minimum atomic E-state index is 0. The molecule has 1 heterocycles. The van der Waals surface area contributed by atoms with Crippen molar-refractivity contribution < 1.29 is 9.53 Å². The number of halogens is 2. The van der Waals surface area contributed by atoms with E-state index in [0.717, 1.165) is 19.6 Å². The van der Waals surface area contributed by atoms with Crippen molar-refractivity contribution in [2.45, 2.75) is 13.0 Å². The van der Waals surface area contributed by atoms with E-state index in [2.05, 4.69) is 5.32 Å². The van der Waals surface area contributed by atoms with Crippen LogP contribution < -0.4 is 10.1 Å². The van der Waals surface area contributed by atoms with Gasteiger partial charge in [0, 0.05) is 30.7 Å². The normalized spacial score (nSPS) is 18.6. The van der Waals surface area contributed by atoms with Gasteiger partial charge in [-0.1, -0.05) is 11.6 Å². The predicted octanol–water partition coefficient (Wildman–Crippen LogP) is 1.96. The monoisotopic (exact) mass is 304 g/mol. The van der Waals surface area contributed by atoms with E-state index in [-0.39, 0.29) is 31.0 Å². The lowest BCUT2D eigenvalue weighted by atomic mass is 10.2. The van der Waals surface area contributed by atoms with Gasteiger partial charge in [0.1, 0.15) is 5.75 Å². The van der Waals surface area contributed by atoms with Gasteiger partial charge in [-0.3, -0.25) is 4.79 Å². The first-order valence-corrected chi connectivity index (χ1v) is 6.43. The maximum atomic E-state index is 12.0. The average Bonchev–Trinajstić information content (AvgIpc) is 2.38. The van der Waals surface area contributed by atoms with Crippen LogP contribution in [0.2, 0.25) is 5.02 Å². The highest BCUT2D eigenvalue weighted by Gasteiger charge is 2.22. The molecule has 0 bridgehead atoms. The van der Waals surface area contributed by atoms with E-state index in [4.69, 9.17) is 16.3 Å². The molecule has 0 saturated carbocycles. The standard InChI is InChI=1S/C13H17ClN2O2.ClH/c1-10-8-15-6-7-16(10)13(17)9-18-12-4-2-11(14)3-5-12;/h2-5,10,15H,6-9H2,1H3;1H. The summed E-state index contributed by atoms with van der Waals surface area (Å²) in [4.78, 5) is 13.8. The van der Waals surface area contributed by atoms with Crippen molar-refractivity contribution in [1.82, 2.24) is 10.2 Å². The van der Waals surface area contributed by atoms with E-state index in [0.29, 0.717) is 10.8 Å². The molecule has 1 N–H and O–H groups in total. The fourth-order valence-electron chi connectivity index (χ4n) is 1.97. The molecule has 1 amide bonds. The molecule has 1 aliphatic rings. The highest BCUT2D eigenvalue weighted by Crippen LogP contribution is 2.15. The molecule has 1 saturated heterocycles. The second-order valence-corrected chi connectivity index (χ2v) is 4.82. The molecule has 1 aliphatic heterocycles. The van der Waals surface area contributed by atoms with Crippen molar-refractivity contribution in [2.75, 3.05) is 26.2 Å². The number of nitrogens with one attached hydrogen (secondary N) is 1. The van der Waals surface area contributed by atoms with Gasteiger partial charge in [-0.25, -0.2) is 0 Å². The third-order valence-corrected chi connectivity index (χ3v) is 3.25. The lowest BCUT2D eigenvalue weighted by molar-refractivity contribution is -0.136. The Labute approximate surface area is 124 Å². The zero-order valence-electron chi connectivity index (χ0n) is 10.8. The molecule has 2 rings (SSSR count). The number of hydrogen-bond acceptors (Lipinski definition) is 3. The fourth-order valence-corrected chi connectivity index (χ4v) is 2.10. The molecule has 4 nitrogen and oxygen atoms in total. The van der Waals surface area contributed by atoms with Gasteiger partial charge in [-0.05, 0) is 31.2 Å². The molecular weight excluding hydrogens is 287 g/mol. The Morgan fingerprint density at radius 1 is 1.47 bits per heavy atom. The summed E-state index contributed by atoms with van der Waals surface area (Å²) in [7, 11) is 0. The summed E-state index contributed by atoms with van der Waals surface area (Å²) < 4.78 is 5.45. The van der Waals surface area contributed by atoms with Crippen molar-refractivity contribution in [3.05, 3.63) is 29.3 Å². The summed E-state index contributed by atoms with van der Waals surface area (Å²) in [6, 6.07) is 7.23. The van der Waals surface area contributed by atoms with Gasteiger partial charge >= 0.3 is 0 Å².